The molecule has 0 aliphatic heterocycles. The van der Waals surface area contributed by atoms with Gasteiger partial charge in [-0.2, -0.15) is 4.31 Å². The van der Waals surface area contributed by atoms with Crippen molar-refractivity contribution in [1.82, 2.24) is 4.31 Å². The maximum atomic E-state index is 12.9. The molecule has 0 aliphatic rings. The minimum Gasteiger partial charge on any atom is -0.482 e. The third-order valence-electron chi connectivity index (χ3n) is 4.72. The lowest BCUT2D eigenvalue weighted by molar-refractivity contribution is -0.118. The van der Waals surface area contributed by atoms with Crippen molar-refractivity contribution in [3.05, 3.63) is 53.1 Å². The Labute approximate surface area is 199 Å². The molecular weight excluding hydrogens is 468 g/mol. The zero-order chi connectivity index (χ0) is 24.4. The van der Waals surface area contributed by atoms with E-state index >= 15 is 0 Å². The lowest BCUT2D eigenvalue weighted by Crippen LogP contribution is -2.31. The first kappa shape index (κ1) is 26.6. The van der Waals surface area contributed by atoms with Crippen LogP contribution >= 0.6 is 11.6 Å². The van der Waals surface area contributed by atoms with Crippen molar-refractivity contribution in [2.75, 3.05) is 31.6 Å². The SMILES string of the molecule is CCCCOC(=O)c1ccc(NC(=O)COc2ccc(Cl)cc2S(=O)(=O)N(CC)CC)cc1. The summed E-state index contributed by atoms with van der Waals surface area (Å²) in [5.74, 6) is -0.879. The largest absolute Gasteiger partial charge is 0.482 e. The molecule has 2 rings (SSSR count). The van der Waals surface area contributed by atoms with Crippen LogP contribution in [-0.4, -0.2) is 50.9 Å². The van der Waals surface area contributed by atoms with E-state index < -0.39 is 28.5 Å². The number of hydrogen-bond acceptors (Lipinski definition) is 6. The van der Waals surface area contributed by atoms with Crippen molar-refractivity contribution in [2.45, 2.75) is 38.5 Å². The average molecular weight is 497 g/mol. The second-order valence-electron chi connectivity index (χ2n) is 7.08. The number of hydrogen-bond donors (Lipinski definition) is 1. The third-order valence-corrected chi connectivity index (χ3v) is 7.03. The topological polar surface area (TPSA) is 102 Å². The second-order valence-corrected chi connectivity index (χ2v) is 9.43. The third kappa shape index (κ3) is 7.45. The Bertz CT molecular complexity index is 1050. The lowest BCUT2D eigenvalue weighted by Gasteiger charge is -2.20. The van der Waals surface area contributed by atoms with Crippen molar-refractivity contribution >= 4 is 39.2 Å². The highest BCUT2D eigenvalue weighted by Gasteiger charge is 2.26. The summed E-state index contributed by atoms with van der Waals surface area (Å²) in [4.78, 5) is 24.2. The number of esters is 1. The summed E-state index contributed by atoms with van der Waals surface area (Å²) in [6, 6.07) is 10.5. The minimum absolute atomic E-state index is 0.0339. The molecule has 0 aromatic heterocycles. The van der Waals surface area contributed by atoms with E-state index in [-0.39, 0.29) is 28.8 Å². The predicted molar refractivity (Wildman–Crippen MR) is 127 cm³/mol. The van der Waals surface area contributed by atoms with Crippen LogP contribution in [0.4, 0.5) is 5.69 Å². The Morgan fingerprint density at radius 3 is 2.30 bits per heavy atom. The van der Waals surface area contributed by atoms with Crippen LogP contribution in [0.5, 0.6) is 5.75 Å². The van der Waals surface area contributed by atoms with Gasteiger partial charge in [-0.1, -0.05) is 38.8 Å². The summed E-state index contributed by atoms with van der Waals surface area (Å²) >= 11 is 6.00. The Morgan fingerprint density at radius 2 is 1.70 bits per heavy atom. The number of carbonyl (C=O) groups excluding carboxylic acids is 2. The first-order valence-electron chi connectivity index (χ1n) is 10.7. The van der Waals surface area contributed by atoms with Gasteiger partial charge in [-0.05, 0) is 48.9 Å². The van der Waals surface area contributed by atoms with E-state index in [9.17, 15) is 18.0 Å². The van der Waals surface area contributed by atoms with E-state index in [1.807, 2.05) is 6.92 Å². The van der Waals surface area contributed by atoms with Gasteiger partial charge in [0, 0.05) is 23.8 Å². The van der Waals surface area contributed by atoms with Crippen LogP contribution in [-0.2, 0) is 19.6 Å². The summed E-state index contributed by atoms with van der Waals surface area (Å²) < 4.78 is 37.8. The van der Waals surface area contributed by atoms with Crippen molar-refractivity contribution < 1.29 is 27.5 Å². The fourth-order valence-electron chi connectivity index (χ4n) is 2.93. The monoisotopic (exact) mass is 496 g/mol. The molecule has 0 aliphatic carbocycles. The van der Waals surface area contributed by atoms with Crippen molar-refractivity contribution in [3.63, 3.8) is 0 Å². The van der Waals surface area contributed by atoms with Crippen LogP contribution in [0.3, 0.4) is 0 Å². The zero-order valence-electron chi connectivity index (χ0n) is 19.0. The van der Waals surface area contributed by atoms with Crippen molar-refractivity contribution in [3.8, 4) is 5.75 Å². The molecule has 180 valence electrons. The Hall–Kier alpha value is -2.62. The van der Waals surface area contributed by atoms with Crippen LogP contribution < -0.4 is 10.1 Å². The van der Waals surface area contributed by atoms with Gasteiger partial charge in [0.1, 0.15) is 10.6 Å². The highest BCUT2D eigenvalue weighted by Crippen LogP contribution is 2.30. The summed E-state index contributed by atoms with van der Waals surface area (Å²) in [5.41, 5.74) is 0.841. The molecule has 1 N–H and O–H groups in total. The van der Waals surface area contributed by atoms with Gasteiger partial charge in [0.2, 0.25) is 10.0 Å². The van der Waals surface area contributed by atoms with Gasteiger partial charge in [0.25, 0.3) is 5.91 Å². The van der Waals surface area contributed by atoms with Gasteiger partial charge in [0.15, 0.2) is 6.61 Å². The van der Waals surface area contributed by atoms with Gasteiger partial charge in [-0.3, -0.25) is 4.79 Å². The van der Waals surface area contributed by atoms with Gasteiger partial charge in [-0.15, -0.1) is 0 Å². The molecule has 1 amide bonds. The molecule has 33 heavy (non-hydrogen) atoms. The highest BCUT2D eigenvalue weighted by molar-refractivity contribution is 7.89. The standard InChI is InChI=1S/C23H29ClN2O6S/c1-4-7-14-31-23(28)17-8-11-19(12-9-17)25-22(27)16-32-20-13-10-18(24)15-21(20)33(29,30)26(5-2)6-3/h8-13,15H,4-7,14,16H2,1-3H3,(H,25,27). The first-order chi connectivity index (χ1) is 15.7. The van der Waals surface area contributed by atoms with Crippen LogP contribution in [0.1, 0.15) is 44.0 Å². The molecular formula is C23H29ClN2O6S. The molecule has 0 fully saturated rings. The molecule has 0 spiro atoms. The Morgan fingerprint density at radius 1 is 1.03 bits per heavy atom. The van der Waals surface area contributed by atoms with Gasteiger partial charge >= 0.3 is 5.97 Å². The van der Waals surface area contributed by atoms with E-state index in [1.54, 1.807) is 38.1 Å². The number of sulfonamides is 1. The quantitative estimate of drug-likeness (QED) is 0.346. The molecule has 0 unspecified atom stereocenters. The highest BCUT2D eigenvalue weighted by atomic mass is 35.5. The molecule has 0 heterocycles. The summed E-state index contributed by atoms with van der Waals surface area (Å²) in [6.07, 6.45) is 1.73. The number of ether oxygens (including phenoxy) is 2. The second kappa shape index (κ2) is 12.6. The molecule has 0 atom stereocenters. The predicted octanol–water partition coefficient (Wildman–Crippen LogP) is 4.34. The molecule has 2 aromatic rings. The molecule has 0 bridgehead atoms. The lowest BCUT2D eigenvalue weighted by atomic mass is 10.2. The number of unbranched alkanes of at least 4 members (excludes halogenated alkanes) is 1. The summed E-state index contributed by atoms with van der Waals surface area (Å²) in [5, 5.41) is 2.88. The van der Waals surface area contributed by atoms with Gasteiger partial charge in [-0.25, -0.2) is 13.2 Å². The average Bonchev–Trinajstić information content (AvgIpc) is 2.79. The molecule has 8 nitrogen and oxygen atoms in total. The smallest absolute Gasteiger partial charge is 0.338 e. The number of benzene rings is 2. The van der Waals surface area contributed by atoms with Crippen molar-refractivity contribution in [2.24, 2.45) is 0 Å². The molecule has 2 aromatic carbocycles. The number of halogens is 1. The number of anilines is 1. The summed E-state index contributed by atoms with van der Waals surface area (Å²) in [6.45, 7) is 5.99. The fraction of sp³-hybridized carbons (Fsp3) is 0.391. The van der Waals surface area contributed by atoms with Crippen LogP contribution in [0.15, 0.2) is 47.4 Å². The normalized spacial score (nSPS) is 11.3. The maximum Gasteiger partial charge on any atom is 0.338 e. The minimum atomic E-state index is -3.83. The van der Waals surface area contributed by atoms with E-state index in [0.717, 1.165) is 12.8 Å². The van der Waals surface area contributed by atoms with E-state index in [4.69, 9.17) is 21.1 Å². The van der Waals surface area contributed by atoms with Crippen LogP contribution in [0.25, 0.3) is 0 Å². The number of rotatable bonds is 12. The van der Waals surface area contributed by atoms with E-state index in [0.29, 0.717) is 17.9 Å². The molecule has 0 saturated carbocycles. The zero-order valence-corrected chi connectivity index (χ0v) is 20.5. The maximum absolute atomic E-state index is 12.9. The Balaban J connectivity index is 2.03. The molecule has 0 saturated heterocycles. The number of amides is 1. The molecule has 10 heteroatoms. The number of carbonyl (C=O) groups is 2. The Kier molecular flexibility index (Phi) is 10.1. The summed E-state index contributed by atoms with van der Waals surface area (Å²) in [7, 11) is -3.83. The fourth-order valence-corrected chi connectivity index (χ4v) is 4.78. The van der Waals surface area contributed by atoms with Crippen LogP contribution in [0, 0.1) is 0 Å². The van der Waals surface area contributed by atoms with Gasteiger partial charge < -0.3 is 14.8 Å². The molecule has 0 radical (unpaired) electrons. The number of nitrogens with one attached hydrogen (secondary N) is 1. The number of nitrogens with zero attached hydrogens (tertiary/aromatic N) is 1. The van der Waals surface area contributed by atoms with Crippen LogP contribution in [0.2, 0.25) is 5.02 Å². The first-order valence-corrected chi connectivity index (χ1v) is 12.5. The van der Waals surface area contributed by atoms with Gasteiger partial charge in [0.05, 0.1) is 12.2 Å². The van der Waals surface area contributed by atoms with E-state index in [1.165, 1.54) is 22.5 Å². The van der Waals surface area contributed by atoms with E-state index in [2.05, 4.69) is 5.32 Å². The van der Waals surface area contributed by atoms with Crippen molar-refractivity contribution in [1.29, 1.82) is 0 Å².